The Morgan fingerprint density at radius 1 is 1.20 bits per heavy atom. The highest BCUT2D eigenvalue weighted by molar-refractivity contribution is 7.90. The SMILES string of the molecule is COc1ccc(CNS(=O)(=O)C2CCC(=O)CC2)cc1. The lowest BCUT2D eigenvalue weighted by molar-refractivity contribution is -0.120. The Hall–Kier alpha value is -1.40. The average Bonchev–Trinajstić information content (AvgIpc) is 2.46. The molecule has 5 nitrogen and oxygen atoms in total. The van der Waals surface area contributed by atoms with Crippen LogP contribution in [-0.2, 0) is 21.4 Å². The molecule has 20 heavy (non-hydrogen) atoms. The summed E-state index contributed by atoms with van der Waals surface area (Å²) < 4.78 is 31.9. The molecule has 110 valence electrons. The van der Waals surface area contributed by atoms with Crippen LogP contribution in [0.2, 0.25) is 0 Å². The van der Waals surface area contributed by atoms with Crippen LogP contribution in [0, 0.1) is 0 Å². The first-order chi connectivity index (χ1) is 9.51. The van der Waals surface area contributed by atoms with Crippen LogP contribution in [0.4, 0.5) is 0 Å². The molecule has 0 unspecified atom stereocenters. The van der Waals surface area contributed by atoms with E-state index >= 15 is 0 Å². The van der Waals surface area contributed by atoms with Gasteiger partial charge in [0.15, 0.2) is 0 Å². The van der Waals surface area contributed by atoms with E-state index in [-0.39, 0.29) is 12.3 Å². The monoisotopic (exact) mass is 297 g/mol. The van der Waals surface area contributed by atoms with Crippen LogP contribution in [0.3, 0.4) is 0 Å². The predicted octanol–water partition coefficient (Wildman–Crippen LogP) is 1.63. The Balaban J connectivity index is 1.92. The van der Waals surface area contributed by atoms with Gasteiger partial charge in [0, 0.05) is 19.4 Å². The number of carbonyl (C=O) groups is 1. The van der Waals surface area contributed by atoms with Gasteiger partial charge in [-0.05, 0) is 30.5 Å². The molecule has 1 aliphatic rings. The third-order valence-electron chi connectivity index (χ3n) is 3.57. The number of Topliss-reactive ketones (excluding diaryl/α,β-unsaturated/α-hetero) is 1. The van der Waals surface area contributed by atoms with Crippen LogP contribution in [-0.4, -0.2) is 26.6 Å². The number of rotatable bonds is 5. The molecule has 0 saturated heterocycles. The molecule has 0 aromatic heterocycles. The Bertz CT molecular complexity index is 555. The quantitative estimate of drug-likeness (QED) is 0.896. The van der Waals surface area contributed by atoms with Crippen molar-refractivity contribution in [3.8, 4) is 5.75 Å². The van der Waals surface area contributed by atoms with Gasteiger partial charge in [-0.3, -0.25) is 4.79 Å². The molecular formula is C14H19NO4S. The number of hydrogen-bond donors (Lipinski definition) is 1. The standard InChI is InChI=1S/C14H19NO4S/c1-19-13-6-2-11(3-7-13)10-15-20(17,18)14-8-4-12(16)5-9-14/h2-3,6-7,14-15H,4-5,8-10H2,1H3. The molecule has 0 aliphatic heterocycles. The van der Waals surface area contributed by atoms with Gasteiger partial charge in [0.1, 0.15) is 11.5 Å². The fourth-order valence-electron chi connectivity index (χ4n) is 2.27. The van der Waals surface area contributed by atoms with Crippen molar-refractivity contribution >= 4 is 15.8 Å². The Labute approximate surface area is 119 Å². The predicted molar refractivity (Wildman–Crippen MR) is 76.0 cm³/mol. The fourth-order valence-corrected chi connectivity index (χ4v) is 3.73. The van der Waals surface area contributed by atoms with Gasteiger partial charge in [0.05, 0.1) is 12.4 Å². The van der Waals surface area contributed by atoms with Crippen molar-refractivity contribution < 1.29 is 17.9 Å². The van der Waals surface area contributed by atoms with E-state index in [1.54, 1.807) is 19.2 Å². The molecule has 0 spiro atoms. The first kappa shape index (κ1) is 15.0. The third-order valence-corrected chi connectivity index (χ3v) is 5.46. The molecule has 0 radical (unpaired) electrons. The average molecular weight is 297 g/mol. The van der Waals surface area contributed by atoms with Crippen LogP contribution in [0.1, 0.15) is 31.2 Å². The van der Waals surface area contributed by atoms with E-state index in [4.69, 9.17) is 4.74 Å². The minimum Gasteiger partial charge on any atom is -0.497 e. The van der Waals surface area contributed by atoms with Crippen molar-refractivity contribution in [2.24, 2.45) is 0 Å². The lowest BCUT2D eigenvalue weighted by Crippen LogP contribution is -2.36. The zero-order valence-electron chi connectivity index (χ0n) is 11.5. The van der Waals surface area contributed by atoms with Crippen LogP contribution in [0.5, 0.6) is 5.75 Å². The number of hydrogen-bond acceptors (Lipinski definition) is 4. The smallest absolute Gasteiger partial charge is 0.214 e. The van der Waals surface area contributed by atoms with Crippen LogP contribution >= 0.6 is 0 Å². The van der Waals surface area contributed by atoms with Gasteiger partial charge in [0.25, 0.3) is 0 Å². The Kier molecular flexibility index (Phi) is 4.77. The number of carbonyl (C=O) groups excluding carboxylic acids is 1. The molecule has 6 heteroatoms. The summed E-state index contributed by atoms with van der Waals surface area (Å²) in [4.78, 5) is 11.1. The molecule has 1 aromatic rings. The van der Waals surface area contributed by atoms with Crippen molar-refractivity contribution in [2.75, 3.05) is 7.11 Å². The van der Waals surface area contributed by atoms with E-state index in [2.05, 4.69) is 4.72 Å². The van der Waals surface area contributed by atoms with Crippen molar-refractivity contribution in [1.29, 1.82) is 0 Å². The van der Waals surface area contributed by atoms with E-state index in [1.807, 2.05) is 12.1 Å². The summed E-state index contributed by atoms with van der Waals surface area (Å²) in [6, 6.07) is 7.24. The second kappa shape index (κ2) is 6.37. The molecule has 0 amide bonds. The van der Waals surface area contributed by atoms with Crippen LogP contribution in [0.15, 0.2) is 24.3 Å². The minimum atomic E-state index is -3.35. The van der Waals surface area contributed by atoms with Gasteiger partial charge >= 0.3 is 0 Å². The lowest BCUT2D eigenvalue weighted by Gasteiger charge is -2.21. The van der Waals surface area contributed by atoms with Crippen molar-refractivity contribution in [3.63, 3.8) is 0 Å². The largest absolute Gasteiger partial charge is 0.497 e. The summed E-state index contributed by atoms with van der Waals surface area (Å²) in [5, 5.41) is -0.446. The van der Waals surface area contributed by atoms with Crippen molar-refractivity contribution in [3.05, 3.63) is 29.8 Å². The Morgan fingerprint density at radius 2 is 1.80 bits per heavy atom. The maximum atomic E-state index is 12.1. The molecule has 1 fully saturated rings. The maximum absolute atomic E-state index is 12.1. The summed E-state index contributed by atoms with van der Waals surface area (Å²) in [7, 11) is -1.77. The molecular weight excluding hydrogens is 278 g/mol. The maximum Gasteiger partial charge on any atom is 0.214 e. The van der Waals surface area contributed by atoms with Gasteiger partial charge in [-0.2, -0.15) is 0 Å². The van der Waals surface area contributed by atoms with Gasteiger partial charge in [-0.25, -0.2) is 13.1 Å². The number of benzene rings is 1. The molecule has 2 rings (SSSR count). The Morgan fingerprint density at radius 3 is 2.35 bits per heavy atom. The topological polar surface area (TPSA) is 72.5 Å². The molecule has 0 bridgehead atoms. The molecule has 1 aromatic carbocycles. The van der Waals surface area contributed by atoms with Crippen LogP contribution < -0.4 is 9.46 Å². The lowest BCUT2D eigenvalue weighted by atomic mass is 9.99. The zero-order valence-corrected chi connectivity index (χ0v) is 12.3. The molecule has 0 heterocycles. The van der Waals surface area contributed by atoms with Crippen molar-refractivity contribution in [2.45, 2.75) is 37.5 Å². The highest BCUT2D eigenvalue weighted by Crippen LogP contribution is 2.21. The fraction of sp³-hybridized carbons (Fsp3) is 0.500. The summed E-state index contributed by atoms with van der Waals surface area (Å²) in [6.07, 6.45) is 1.59. The minimum absolute atomic E-state index is 0.159. The van der Waals surface area contributed by atoms with Gasteiger partial charge < -0.3 is 4.74 Å². The summed E-state index contributed by atoms with van der Waals surface area (Å²) in [5.74, 6) is 0.897. The number of ketones is 1. The normalized spacial score (nSPS) is 17.1. The van der Waals surface area contributed by atoms with E-state index in [0.29, 0.717) is 25.7 Å². The molecule has 1 N–H and O–H groups in total. The highest BCUT2D eigenvalue weighted by atomic mass is 32.2. The first-order valence-electron chi connectivity index (χ1n) is 6.64. The number of methoxy groups -OCH3 is 1. The van der Waals surface area contributed by atoms with E-state index in [0.717, 1.165) is 11.3 Å². The summed E-state index contributed by atoms with van der Waals surface area (Å²) in [6.45, 7) is 0.261. The number of ether oxygens (including phenoxy) is 1. The second-order valence-electron chi connectivity index (χ2n) is 4.95. The summed E-state index contributed by atoms with van der Waals surface area (Å²) >= 11 is 0. The van der Waals surface area contributed by atoms with Crippen LogP contribution in [0.25, 0.3) is 0 Å². The van der Waals surface area contributed by atoms with E-state index in [9.17, 15) is 13.2 Å². The first-order valence-corrected chi connectivity index (χ1v) is 8.19. The molecule has 1 aliphatic carbocycles. The zero-order chi connectivity index (χ0) is 14.6. The van der Waals surface area contributed by atoms with Gasteiger partial charge in [-0.15, -0.1) is 0 Å². The number of nitrogens with one attached hydrogen (secondary N) is 1. The van der Waals surface area contributed by atoms with Gasteiger partial charge in [-0.1, -0.05) is 12.1 Å². The third kappa shape index (κ3) is 3.80. The van der Waals surface area contributed by atoms with Crippen molar-refractivity contribution in [1.82, 2.24) is 4.72 Å². The van der Waals surface area contributed by atoms with E-state index < -0.39 is 15.3 Å². The molecule has 1 saturated carbocycles. The summed E-state index contributed by atoms with van der Waals surface area (Å²) in [5.41, 5.74) is 0.876. The van der Waals surface area contributed by atoms with E-state index in [1.165, 1.54) is 0 Å². The molecule has 0 atom stereocenters. The van der Waals surface area contributed by atoms with Gasteiger partial charge in [0.2, 0.25) is 10.0 Å². The number of sulfonamides is 1. The second-order valence-corrected chi connectivity index (χ2v) is 7.00. The highest BCUT2D eigenvalue weighted by Gasteiger charge is 2.29.